The molecule has 0 atom stereocenters. The van der Waals surface area contributed by atoms with Crippen molar-refractivity contribution in [3.8, 4) is 28.6 Å². The van der Waals surface area contributed by atoms with Gasteiger partial charge in [0.1, 0.15) is 21.8 Å². The number of nitrogens with one attached hydrogen (secondary N) is 1. The minimum absolute atomic E-state index is 0.499. The number of unbranched alkanes of at least 4 members (excludes halogenated alkanes) is 4. The van der Waals surface area contributed by atoms with Crippen LogP contribution in [0.1, 0.15) is 46.0 Å². The highest BCUT2D eigenvalue weighted by Crippen LogP contribution is 2.37. The summed E-state index contributed by atoms with van der Waals surface area (Å²) in [4.78, 5) is 9.28. The van der Waals surface area contributed by atoms with E-state index in [-0.39, 0.29) is 0 Å². The monoisotopic (exact) mass is 451 g/mol. The molecule has 0 bridgehead atoms. The van der Waals surface area contributed by atoms with Gasteiger partial charge in [0.2, 0.25) is 0 Å². The fourth-order valence-electron chi connectivity index (χ4n) is 2.83. The zero-order valence-corrected chi connectivity index (χ0v) is 18.8. The Kier molecular flexibility index (Phi) is 9.34. The van der Waals surface area contributed by atoms with Crippen LogP contribution in [0.25, 0.3) is 11.3 Å². The summed E-state index contributed by atoms with van der Waals surface area (Å²) < 4.78 is 17.6. The average Bonchev–Trinajstić information content (AvgIpc) is 2.71. The average molecular weight is 452 g/mol. The predicted molar refractivity (Wildman–Crippen MR) is 117 cm³/mol. The van der Waals surface area contributed by atoms with Gasteiger partial charge in [0.15, 0.2) is 5.82 Å². The third kappa shape index (κ3) is 5.99. The molecule has 1 aromatic heterocycles. The van der Waals surface area contributed by atoms with Crippen LogP contribution in [0.4, 0.5) is 5.82 Å². The highest BCUT2D eigenvalue weighted by molar-refractivity contribution is 9.10. The highest BCUT2D eigenvalue weighted by Gasteiger charge is 2.18. The summed E-state index contributed by atoms with van der Waals surface area (Å²) in [6.07, 6.45) is 5.92. The summed E-state index contributed by atoms with van der Waals surface area (Å²) in [5.74, 6) is 2.53. The van der Waals surface area contributed by atoms with E-state index in [0.29, 0.717) is 41.0 Å². The number of rotatable bonds is 12. The van der Waals surface area contributed by atoms with Gasteiger partial charge < -0.3 is 19.5 Å². The Morgan fingerprint density at radius 1 is 1.04 bits per heavy atom. The maximum Gasteiger partial charge on any atom is 0.258 e. The van der Waals surface area contributed by atoms with E-state index in [9.17, 15) is 0 Å². The Morgan fingerprint density at radius 2 is 1.82 bits per heavy atom. The molecule has 0 aliphatic carbocycles. The van der Waals surface area contributed by atoms with Crippen molar-refractivity contribution >= 4 is 21.7 Å². The second kappa shape index (κ2) is 11.7. The Labute approximate surface area is 176 Å². The predicted octanol–water partition coefficient (Wildman–Crippen LogP) is 5.70. The number of aromatic nitrogens is 2. The summed E-state index contributed by atoms with van der Waals surface area (Å²) in [6.45, 7) is 5.39. The first-order valence-corrected chi connectivity index (χ1v) is 10.6. The zero-order chi connectivity index (χ0) is 20.4. The quantitative estimate of drug-likeness (QED) is 0.417. The van der Waals surface area contributed by atoms with Crippen LogP contribution in [0.3, 0.4) is 0 Å². The number of halogens is 1. The lowest BCUT2D eigenvalue weighted by Gasteiger charge is -2.15. The normalized spacial score (nSPS) is 10.6. The molecule has 0 saturated carbocycles. The van der Waals surface area contributed by atoms with Crippen LogP contribution in [-0.2, 0) is 0 Å². The van der Waals surface area contributed by atoms with Crippen LogP contribution < -0.4 is 19.5 Å². The molecule has 0 aliphatic heterocycles. The molecule has 2 aromatic rings. The second-order valence-electron chi connectivity index (χ2n) is 6.32. The van der Waals surface area contributed by atoms with Gasteiger partial charge in [-0.25, -0.2) is 9.97 Å². The van der Waals surface area contributed by atoms with Gasteiger partial charge in [-0.15, -0.1) is 0 Å². The molecular formula is C21H30BrN3O3. The van der Waals surface area contributed by atoms with Crippen molar-refractivity contribution in [3.05, 3.63) is 22.8 Å². The molecule has 0 radical (unpaired) electrons. The lowest BCUT2D eigenvalue weighted by Crippen LogP contribution is -2.06. The molecule has 2 rings (SSSR count). The number of nitrogens with zero attached hydrogens (tertiary/aromatic N) is 2. The smallest absolute Gasteiger partial charge is 0.258 e. The molecule has 1 heterocycles. The topological polar surface area (TPSA) is 65.5 Å². The van der Waals surface area contributed by atoms with Crippen LogP contribution >= 0.6 is 15.9 Å². The van der Waals surface area contributed by atoms with Crippen LogP contribution in [0.5, 0.6) is 17.4 Å². The lowest BCUT2D eigenvalue weighted by atomic mass is 10.1. The van der Waals surface area contributed by atoms with Crippen molar-refractivity contribution < 1.29 is 14.2 Å². The van der Waals surface area contributed by atoms with E-state index in [4.69, 9.17) is 19.2 Å². The standard InChI is InChI=1S/C21H30BrN3O3/c1-5-7-8-9-10-13-28-21-20(23-3)24-18(19(22)25-21)16-12-11-15(27-6-2)14-17(16)26-4/h11-12,14H,5-10,13H2,1-4H3,(H,23,24). The van der Waals surface area contributed by atoms with Gasteiger partial charge in [-0.05, 0) is 41.4 Å². The first kappa shape index (κ1) is 22.3. The first-order chi connectivity index (χ1) is 13.6. The van der Waals surface area contributed by atoms with E-state index in [2.05, 4.69) is 33.2 Å². The van der Waals surface area contributed by atoms with E-state index in [1.807, 2.05) is 32.2 Å². The van der Waals surface area contributed by atoms with E-state index in [1.165, 1.54) is 25.7 Å². The fourth-order valence-corrected chi connectivity index (χ4v) is 3.30. The van der Waals surface area contributed by atoms with Crippen LogP contribution in [-0.4, -0.2) is 37.3 Å². The molecule has 7 heteroatoms. The van der Waals surface area contributed by atoms with Gasteiger partial charge in [0.05, 0.1) is 20.3 Å². The van der Waals surface area contributed by atoms with E-state index >= 15 is 0 Å². The summed E-state index contributed by atoms with van der Waals surface area (Å²) in [5.41, 5.74) is 1.51. The van der Waals surface area contributed by atoms with Gasteiger partial charge in [-0.2, -0.15) is 0 Å². The van der Waals surface area contributed by atoms with Gasteiger partial charge in [0.25, 0.3) is 5.88 Å². The Bertz CT molecular complexity index is 756. The zero-order valence-electron chi connectivity index (χ0n) is 17.2. The molecule has 28 heavy (non-hydrogen) atoms. The van der Waals surface area contributed by atoms with Crippen molar-refractivity contribution in [2.75, 3.05) is 32.7 Å². The van der Waals surface area contributed by atoms with Crippen molar-refractivity contribution in [3.63, 3.8) is 0 Å². The summed E-state index contributed by atoms with van der Waals surface area (Å²) in [7, 11) is 3.44. The maximum absolute atomic E-state index is 5.87. The fraction of sp³-hybridized carbons (Fsp3) is 0.524. The molecule has 0 aliphatic rings. The van der Waals surface area contributed by atoms with Crippen LogP contribution in [0.15, 0.2) is 22.8 Å². The summed E-state index contributed by atoms with van der Waals surface area (Å²) in [6, 6.07) is 5.67. The molecule has 6 nitrogen and oxygen atoms in total. The molecule has 1 N–H and O–H groups in total. The minimum Gasteiger partial charge on any atom is -0.496 e. The first-order valence-electron chi connectivity index (χ1n) is 9.83. The SMILES string of the molecule is CCCCCCCOc1nc(Br)c(-c2ccc(OCC)cc2OC)nc1NC. The summed E-state index contributed by atoms with van der Waals surface area (Å²) >= 11 is 3.53. The van der Waals surface area contributed by atoms with E-state index in [0.717, 1.165) is 17.7 Å². The molecule has 0 fully saturated rings. The van der Waals surface area contributed by atoms with Crippen molar-refractivity contribution in [1.82, 2.24) is 9.97 Å². The molecular weight excluding hydrogens is 422 g/mol. The Balaban J connectivity index is 2.20. The Morgan fingerprint density at radius 3 is 2.50 bits per heavy atom. The van der Waals surface area contributed by atoms with Crippen molar-refractivity contribution in [2.45, 2.75) is 46.0 Å². The molecule has 154 valence electrons. The number of methoxy groups -OCH3 is 1. The maximum atomic E-state index is 5.87. The van der Waals surface area contributed by atoms with Gasteiger partial charge in [-0.3, -0.25) is 0 Å². The summed E-state index contributed by atoms with van der Waals surface area (Å²) in [5, 5.41) is 3.08. The van der Waals surface area contributed by atoms with Crippen LogP contribution in [0.2, 0.25) is 0 Å². The molecule has 1 aromatic carbocycles. The lowest BCUT2D eigenvalue weighted by molar-refractivity contribution is 0.293. The Hall–Kier alpha value is -2.02. The van der Waals surface area contributed by atoms with Gasteiger partial charge >= 0.3 is 0 Å². The largest absolute Gasteiger partial charge is 0.496 e. The van der Waals surface area contributed by atoms with Gasteiger partial charge in [-0.1, -0.05) is 32.6 Å². The number of hydrogen-bond donors (Lipinski definition) is 1. The highest BCUT2D eigenvalue weighted by atomic mass is 79.9. The van der Waals surface area contributed by atoms with E-state index in [1.54, 1.807) is 7.11 Å². The van der Waals surface area contributed by atoms with Crippen LogP contribution in [0, 0.1) is 0 Å². The van der Waals surface area contributed by atoms with E-state index < -0.39 is 0 Å². The molecule has 0 spiro atoms. The molecule has 0 unspecified atom stereocenters. The number of ether oxygens (including phenoxy) is 3. The van der Waals surface area contributed by atoms with Crippen molar-refractivity contribution in [1.29, 1.82) is 0 Å². The minimum atomic E-state index is 0.499. The molecule has 0 saturated heterocycles. The molecule has 0 amide bonds. The number of anilines is 1. The number of benzene rings is 1. The van der Waals surface area contributed by atoms with Gasteiger partial charge in [0, 0.05) is 18.7 Å². The number of hydrogen-bond acceptors (Lipinski definition) is 6. The third-order valence-electron chi connectivity index (χ3n) is 4.28. The second-order valence-corrected chi connectivity index (χ2v) is 7.08. The third-order valence-corrected chi connectivity index (χ3v) is 4.84. The van der Waals surface area contributed by atoms with Crippen molar-refractivity contribution in [2.24, 2.45) is 0 Å².